The molecule has 0 atom stereocenters. The Morgan fingerprint density at radius 3 is 1.83 bits per heavy atom. The molecule has 1 nitrogen and oxygen atoms in total. The Kier molecular flexibility index (Phi) is 10.4. The normalized spacial score (nSPS) is 10.1. The number of rotatable bonds is 9. The van der Waals surface area contributed by atoms with Gasteiger partial charge in [0.05, 0.1) is 0 Å². The molecular formula is C11H23N. The molecule has 12 heavy (non-hydrogen) atoms. The lowest BCUT2D eigenvalue weighted by Gasteiger charge is -1.99. The van der Waals surface area contributed by atoms with Gasteiger partial charge in [-0.15, -0.1) is 0 Å². The van der Waals surface area contributed by atoms with E-state index in [0.717, 1.165) is 6.54 Å². The molecule has 0 spiro atoms. The van der Waals surface area contributed by atoms with Gasteiger partial charge in [-0.3, -0.25) is 0 Å². The van der Waals surface area contributed by atoms with E-state index in [4.69, 9.17) is 0 Å². The minimum Gasteiger partial charge on any atom is -0.301 e. The largest absolute Gasteiger partial charge is 0.301 e. The van der Waals surface area contributed by atoms with Gasteiger partial charge >= 0.3 is 0 Å². The standard InChI is InChI=1S/C11H23N/c1-3-4-5-6-7-8-9-10-11-12-2/h2-11H2,1H3. The van der Waals surface area contributed by atoms with Gasteiger partial charge in [0.2, 0.25) is 0 Å². The van der Waals surface area contributed by atoms with Gasteiger partial charge in [-0.05, 0) is 13.1 Å². The van der Waals surface area contributed by atoms with Crippen molar-refractivity contribution in [3.05, 3.63) is 0 Å². The molecule has 0 bridgehead atoms. The first-order valence-corrected chi connectivity index (χ1v) is 5.34. The summed E-state index contributed by atoms with van der Waals surface area (Å²) < 4.78 is 0. The first-order valence-electron chi connectivity index (χ1n) is 5.34. The summed E-state index contributed by atoms with van der Waals surface area (Å²) in [7, 11) is 0. The van der Waals surface area contributed by atoms with E-state index >= 15 is 0 Å². The number of hydrogen-bond acceptors (Lipinski definition) is 1. The second kappa shape index (κ2) is 10.7. The van der Waals surface area contributed by atoms with Crippen molar-refractivity contribution < 1.29 is 0 Å². The molecule has 0 saturated heterocycles. The van der Waals surface area contributed by atoms with Crippen molar-refractivity contribution in [3.63, 3.8) is 0 Å². The van der Waals surface area contributed by atoms with Crippen LogP contribution in [0.25, 0.3) is 0 Å². The number of hydrogen-bond donors (Lipinski definition) is 0. The van der Waals surface area contributed by atoms with Crippen LogP contribution in [0, 0.1) is 0 Å². The van der Waals surface area contributed by atoms with Crippen molar-refractivity contribution in [1.29, 1.82) is 0 Å². The van der Waals surface area contributed by atoms with Gasteiger partial charge < -0.3 is 4.99 Å². The Bertz CT molecular complexity index is 89.0. The number of aliphatic imine (C=N–C) groups is 1. The Morgan fingerprint density at radius 2 is 1.33 bits per heavy atom. The van der Waals surface area contributed by atoms with Gasteiger partial charge in [0.15, 0.2) is 0 Å². The molecule has 0 heterocycles. The van der Waals surface area contributed by atoms with Gasteiger partial charge in [-0.2, -0.15) is 0 Å². The molecule has 0 N–H and O–H groups in total. The summed E-state index contributed by atoms with van der Waals surface area (Å²) in [4.78, 5) is 3.83. The first-order chi connectivity index (χ1) is 5.91. The molecule has 0 aromatic rings. The molecule has 0 aromatic heterocycles. The van der Waals surface area contributed by atoms with Crippen LogP contribution in [0.1, 0.15) is 58.3 Å². The Labute approximate surface area is 77.3 Å². The highest BCUT2D eigenvalue weighted by Gasteiger charge is 1.89. The number of unbranched alkanes of at least 4 members (excludes halogenated alkanes) is 7. The maximum Gasteiger partial charge on any atom is 0.0382 e. The quantitative estimate of drug-likeness (QED) is 0.367. The number of nitrogens with zero attached hydrogens (tertiary/aromatic N) is 1. The summed E-state index contributed by atoms with van der Waals surface area (Å²) in [6.45, 7) is 6.68. The third kappa shape index (κ3) is 9.67. The summed E-state index contributed by atoms with van der Waals surface area (Å²) in [6.07, 6.45) is 11.0. The second-order valence-electron chi connectivity index (χ2n) is 3.42. The van der Waals surface area contributed by atoms with Crippen LogP contribution in [-0.2, 0) is 0 Å². The summed E-state index contributed by atoms with van der Waals surface area (Å²) in [5.41, 5.74) is 0. The van der Waals surface area contributed by atoms with E-state index in [9.17, 15) is 0 Å². The maximum absolute atomic E-state index is 3.83. The zero-order valence-electron chi connectivity index (χ0n) is 8.52. The first kappa shape index (κ1) is 11.7. The van der Waals surface area contributed by atoms with Crippen molar-refractivity contribution in [1.82, 2.24) is 0 Å². The summed E-state index contributed by atoms with van der Waals surface area (Å²) >= 11 is 0. The summed E-state index contributed by atoms with van der Waals surface area (Å²) in [6, 6.07) is 0. The predicted molar refractivity (Wildman–Crippen MR) is 57.0 cm³/mol. The van der Waals surface area contributed by atoms with Crippen LogP contribution >= 0.6 is 0 Å². The Morgan fingerprint density at radius 1 is 0.833 bits per heavy atom. The lowest BCUT2D eigenvalue weighted by Crippen LogP contribution is -1.82. The average Bonchev–Trinajstić information content (AvgIpc) is 2.10. The van der Waals surface area contributed by atoms with Crippen molar-refractivity contribution >= 4 is 6.72 Å². The van der Waals surface area contributed by atoms with Gasteiger partial charge in [-0.1, -0.05) is 51.9 Å². The van der Waals surface area contributed by atoms with Crippen molar-refractivity contribution in [3.8, 4) is 0 Å². The van der Waals surface area contributed by atoms with Crippen molar-refractivity contribution in [2.24, 2.45) is 4.99 Å². The van der Waals surface area contributed by atoms with E-state index in [1.807, 2.05) is 0 Å². The van der Waals surface area contributed by atoms with Crippen LogP contribution < -0.4 is 0 Å². The SMILES string of the molecule is C=NCCCCCCCCCC. The molecular weight excluding hydrogens is 146 g/mol. The van der Waals surface area contributed by atoms with Crippen molar-refractivity contribution in [2.45, 2.75) is 58.3 Å². The minimum atomic E-state index is 0.953. The van der Waals surface area contributed by atoms with E-state index in [1.165, 1.54) is 51.4 Å². The third-order valence-corrected chi connectivity index (χ3v) is 2.17. The minimum absolute atomic E-state index is 0.953. The van der Waals surface area contributed by atoms with Gasteiger partial charge in [-0.25, -0.2) is 0 Å². The Hall–Kier alpha value is -0.330. The smallest absolute Gasteiger partial charge is 0.0382 e. The molecule has 0 unspecified atom stereocenters. The highest BCUT2D eigenvalue weighted by molar-refractivity contribution is 5.22. The lowest BCUT2D eigenvalue weighted by molar-refractivity contribution is 0.579. The van der Waals surface area contributed by atoms with Crippen LogP contribution in [0.5, 0.6) is 0 Å². The van der Waals surface area contributed by atoms with Crippen LogP contribution in [0.4, 0.5) is 0 Å². The third-order valence-electron chi connectivity index (χ3n) is 2.17. The molecule has 0 saturated carbocycles. The lowest BCUT2D eigenvalue weighted by atomic mass is 10.1. The fourth-order valence-electron chi connectivity index (χ4n) is 1.36. The molecule has 0 aliphatic carbocycles. The highest BCUT2D eigenvalue weighted by Crippen LogP contribution is 2.07. The van der Waals surface area contributed by atoms with Crippen LogP contribution in [0.3, 0.4) is 0 Å². The molecule has 1 heteroatoms. The fourth-order valence-corrected chi connectivity index (χ4v) is 1.36. The summed E-state index contributed by atoms with van der Waals surface area (Å²) in [5, 5.41) is 0. The van der Waals surface area contributed by atoms with Crippen LogP contribution in [0.2, 0.25) is 0 Å². The molecule has 0 fully saturated rings. The molecule has 72 valence electrons. The fraction of sp³-hybridized carbons (Fsp3) is 0.909. The Balaban J connectivity index is 2.77. The second-order valence-corrected chi connectivity index (χ2v) is 3.42. The average molecular weight is 169 g/mol. The van der Waals surface area contributed by atoms with Gasteiger partial charge in [0.25, 0.3) is 0 Å². The molecule has 0 aliphatic rings. The monoisotopic (exact) mass is 169 g/mol. The van der Waals surface area contributed by atoms with E-state index in [1.54, 1.807) is 0 Å². The summed E-state index contributed by atoms with van der Waals surface area (Å²) in [5.74, 6) is 0. The van der Waals surface area contributed by atoms with E-state index in [0.29, 0.717) is 0 Å². The molecule has 0 radical (unpaired) electrons. The maximum atomic E-state index is 3.83. The molecule has 0 aliphatic heterocycles. The highest BCUT2D eigenvalue weighted by atomic mass is 14.7. The van der Waals surface area contributed by atoms with Gasteiger partial charge in [0, 0.05) is 6.54 Å². The van der Waals surface area contributed by atoms with Crippen molar-refractivity contribution in [2.75, 3.05) is 6.54 Å². The zero-order valence-corrected chi connectivity index (χ0v) is 8.52. The molecule has 0 amide bonds. The topological polar surface area (TPSA) is 12.4 Å². The van der Waals surface area contributed by atoms with Crippen LogP contribution in [-0.4, -0.2) is 13.3 Å². The van der Waals surface area contributed by atoms with E-state index < -0.39 is 0 Å². The van der Waals surface area contributed by atoms with E-state index in [2.05, 4.69) is 18.6 Å². The zero-order chi connectivity index (χ0) is 9.07. The van der Waals surface area contributed by atoms with Gasteiger partial charge in [0.1, 0.15) is 0 Å². The molecule has 0 rings (SSSR count). The van der Waals surface area contributed by atoms with Crippen LogP contribution in [0.15, 0.2) is 4.99 Å². The molecule has 0 aromatic carbocycles. The predicted octanol–water partition coefficient (Wildman–Crippen LogP) is 3.83. The van der Waals surface area contributed by atoms with E-state index in [-0.39, 0.29) is 0 Å².